The van der Waals surface area contributed by atoms with Gasteiger partial charge >= 0.3 is 5.97 Å². The monoisotopic (exact) mass is 300 g/mol. The van der Waals surface area contributed by atoms with Crippen molar-refractivity contribution in [2.45, 2.75) is 12.3 Å². The van der Waals surface area contributed by atoms with E-state index >= 15 is 0 Å². The van der Waals surface area contributed by atoms with Crippen LogP contribution in [0.4, 0.5) is 0 Å². The third kappa shape index (κ3) is 2.76. The van der Waals surface area contributed by atoms with Gasteiger partial charge in [0, 0.05) is 23.1 Å². The standard InChI is InChI=1S/C16H13ClN2O2/c17-12-6-4-11(5-7-12)10-13(16(20)21)14-2-1-3-15-18-8-9-19(14)15/h1-9,13H,10H2,(H,20,21). The lowest BCUT2D eigenvalue weighted by Gasteiger charge is -2.15. The van der Waals surface area contributed by atoms with Crippen LogP contribution < -0.4 is 0 Å². The topological polar surface area (TPSA) is 54.6 Å². The average Bonchev–Trinajstić information content (AvgIpc) is 2.95. The van der Waals surface area contributed by atoms with E-state index in [1.54, 1.807) is 24.5 Å². The van der Waals surface area contributed by atoms with Gasteiger partial charge in [-0.05, 0) is 36.2 Å². The molecule has 0 amide bonds. The van der Waals surface area contributed by atoms with Crippen LogP contribution >= 0.6 is 11.6 Å². The molecule has 0 aliphatic heterocycles. The Bertz CT molecular complexity index is 780. The first-order valence-electron chi connectivity index (χ1n) is 6.54. The molecule has 2 heterocycles. The largest absolute Gasteiger partial charge is 0.481 e. The summed E-state index contributed by atoms with van der Waals surface area (Å²) in [5.41, 5.74) is 2.39. The molecule has 0 saturated heterocycles. The van der Waals surface area contributed by atoms with Crippen molar-refractivity contribution in [1.29, 1.82) is 0 Å². The summed E-state index contributed by atoms with van der Waals surface area (Å²) < 4.78 is 1.81. The summed E-state index contributed by atoms with van der Waals surface area (Å²) in [5.74, 6) is -1.49. The van der Waals surface area contributed by atoms with Crippen LogP contribution in [0.15, 0.2) is 54.9 Å². The Morgan fingerprint density at radius 2 is 2.00 bits per heavy atom. The van der Waals surface area contributed by atoms with Crippen molar-refractivity contribution in [3.8, 4) is 0 Å². The zero-order chi connectivity index (χ0) is 14.8. The number of hydrogen-bond acceptors (Lipinski definition) is 2. The average molecular weight is 301 g/mol. The highest BCUT2D eigenvalue weighted by atomic mass is 35.5. The van der Waals surface area contributed by atoms with Gasteiger partial charge in [-0.1, -0.05) is 29.8 Å². The van der Waals surface area contributed by atoms with Crippen molar-refractivity contribution >= 4 is 23.2 Å². The van der Waals surface area contributed by atoms with Crippen LogP contribution in [0.25, 0.3) is 5.65 Å². The van der Waals surface area contributed by atoms with E-state index in [4.69, 9.17) is 11.6 Å². The van der Waals surface area contributed by atoms with E-state index in [9.17, 15) is 9.90 Å². The van der Waals surface area contributed by atoms with Gasteiger partial charge in [-0.2, -0.15) is 0 Å². The van der Waals surface area contributed by atoms with Gasteiger partial charge in [0.15, 0.2) is 0 Å². The number of carbonyl (C=O) groups is 1. The summed E-state index contributed by atoms with van der Waals surface area (Å²) in [5, 5.41) is 10.2. The third-order valence-corrected chi connectivity index (χ3v) is 3.72. The van der Waals surface area contributed by atoms with Crippen molar-refractivity contribution in [3.63, 3.8) is 0 Å². The number of rotatable bonds is 4. The molecule has 0 aliphatic rings. The van der Waals surface area contributed by atoms with Gasteiger partial charge in [0.2, 0.25) is 0 Å². The number of aromatic nitrogens is 2. The van der Waals surface area contributed by atoms with Gasteiger partial charge in [0.1, 0.15) is 11.6 Å². The van der Waals surface area contributed by atoms with Gasteiger partial charge in [0.25, 0.3) is 0 Å². The molecule has 1 atom stereocenters. The fourth-order valence-corrected chi connectivity index (χ4v) is 2.55. The van der Waals surface area contributed by atoms with E-state index in [0.29, 0.717) is 17.1 Å². The van der Waals surface area contributed by atoms with Crippen molar-refractivity contribution in [2.75, 3.05) is 0 Å². The number of fused-ring (bicyclic) bond motifs is 1. The lowest BCUT2D eigenvalue weighted by Crippen LogP contribution is -2.17. The summed E-state index contributed by atoms with van der Waals surface area (Å²) in [6, 6.07) is 12.8. The summed E-state index contributed by atoms with van der Waals surface area (Å²) in [7, 11) is 0. The van der Waals surface area contributed by atoms with Crippen LogP contribution in [0, 0.1) is 0 Å². The highest BCUT2D eigenvalue weighted by Crippen LogP contribution is 2.23. The minimum Gasteiger partial charge on any atom is -0.481 e. The molecule has 0 fully saturated rings. The Morgan fingerprint density at radius 3 is 2.71 bits per heavy atom. The normalized spacial score (nSPS) is 12.4. The predicted octanol–water partition coefficient (Wildman–Crippen LogP) is 3.40. The first-order chi connectivity index (χ1) is 10.1. The number of pyridine rings is 1. The van der Waals surface area contributed by atoms with Crippen LogP contribution in [0.5, 0.6) is 0 Å². The third-order valence-electron chi connectivity index (χ3n) is 3.47. The van der Waals surface area contributed by atoms with Gasteiger partial charge in [-0.3, -0.25) is 4.79 Å². The number of imidazole rings is 1. The number of nitrogens with zero attached hydrogens (tertiary/aromatic N) is 2. The molecule has 3 aromatic rings. The summed E-state index contributed by atoms with van der Waals surface area (Å²) >= 11 is 5.86. The highest BCUT2D eigenvalue weighted by molar-refractivity contribution is 6.30. The smallest absolute Gasteiger partial charge is 0.312 e. The summed E-state index contributed by atoms with van der Waals surface area (Å²) in [4.78, 5) is 15.9. The minimum absolute atomic E-state index is 0.407. The number of carboxylic acids is 1. The number of hydrogen-bond donors (Lipinski definition) is 1. The van der Waals surface area contributed by atoms with Crippen LogP contribution in [0.1, 0.15) is 17.2 Å². The quantitative estimate of drug-likeness (QED) is 0.803. The summed E-state index contributed by atoms with van der Waals surface area (Å²) in [6.45, 7) is 0. The Kier molecular flexibility index (Phi) is 3.62. The van der Waals surface area contributed by atoms with Gasteiger partial charge < -0.3 is 9.51 Å². The van der Waals surface area contributed by atoms with Crippen LogP contribution in [-0.2, 0) is 11.2 Å². The molecule has 0 saturated carbocycles. The second kappa shape index (κ2) is 5.58. The molecule has 21 heavy (non-hydrogen) atoms. The molecule has 1 N–H and O–H groups in total. The Labute approximate surface area is 126 Å². The lowest BCUT2D eigenvalue weighted by atomic mass is 9.95. The van der Waals surface area contributed by atoms with E-state index < -0.39 is 11.9 Å². The van der Waals surface area contributed by atoms with E-state index in [1.165, 1.54) is 0 Å². The van der Waals surface area contributed by atoms with Crippen molar-refractivity contribution in [2.24, 2.45) is 0 Å². The fraction of sp³-hybridized carbons (Fsp3) is 0.125. The second-order valence-electron chi connectivity index (χ2n) is 4.83. The molecule has 5 heteroatoms. The summed E-state index contributed by atoms with van der Waals surface area (Å²) in [6.07, 6.45) is 3.85. The molecule has 3 rings (SSSR count). The number of aliphatic carboxylic acids is 1. The number of benzene rings is 1. The molecule has 0 aliphatic carbocycles. The van der Waals surface area contributed by atoms with Gasteiger partial charge in [-0.25, -0.2) is 4.98 Å². The first-order valence-corrected chi connectivity index (χ1v) is 6.92. The zero-order valence-electron chi connectivity index (χ0n) is 11.1. The molecule has 2 aromatic heterocycles. The Balaban J connectivity index is 2.00. The van der Waals surface area contributed by atoms with Crippen molar-refractivity contribution in [1.82, 2.24) is 9.38 Å². The second-order valence-corrected chi connectivity index (χ2v) is 5.26. The zero-order valence-corrected chi connectivity index (χ0v) is 11.9. The maximum Gasteiger partial charge on any atom is 0.312 e. The minimum atomic E-state index is -0.855. The van der Waals surface area contributed by atoms with Gasteiger partial charge in [-0.15, -0.1) is 0 Å². The lowest BCUT2D eigenvalue weighted by molar-refractivity contribution is -0.138. The fourth-order valence-electron chi connectivity index (χ4n) is 2.43. The predicted molar refractivity (Wildman–Crippen MR) is 80.7 cm³/mol. The number of carboxylic acid groups (broad SMARTS) is 1. The molecule has 106 valence electrons. The SMILES string of the molecule is O=C(O)C(Cc1ccc(Cl)cc1)c1cccc2nccn12. The maximum absolute atomic E-state index is 11.7. The van der Waals surface area contributed by atoms with Gasteiger partial charge in [0.05, 0.1) is 0 Å². The van der Waals surface area contributed by atoms with Crippen molar-refractivity contribution < 1.29 is 9.90 Å². The van der Waals surface area contributed by atoms with E-state index in [0.717, 1.165) is 11.2 Å². The molecule has 1 unspecified atom stereocenters. The van der Waals surface area contributed by atoms with Crippen LogP contribution in [0.3, 0.4) is 0 Å². The number of halogens is 1. The van der Waals surface area contributed by atoms with Crippen LogP contribution in [0.2, 0.25) is 5.02 Å². The molecule has 4 nitrogen and oxygen atoms in total. The molecule has 0 spiro atoms. The highest BCUT2D eigenvalue weighted by Gasteiger charge is 2.22. The molecular formula is C16H13ClN2O2. The van der Waals surface area contributed by atoms with Crippen LogP contribution in [-0.4, -0.2) is 20.5 Å². The van der Waals surface area contributed by atoms with E-state index in [-0.39, 0.29) is 0 Å². The first kappa shape index (κ1) is 13.6. The maximum atomic E-state index is 11.7. The molecular weight excluding hydrogens is 288 g/mol. The Morgan fingerprint density at radius 1 is 1.24 bits per heavy atom. The molecule has 1 aromatic carbocycles. The Hall–Kier alpha value is -2.33. The van der Waals surface area contributed by atoms with E-state index in [1.807, 2.05) is 34.7 Å². The molecule has 0 radical (unpaired) electrons. The molecule has 0 bridgehead atoms. The van der Waals surface area contributed by atoms with E-state index in [2.05, 4.69) is 4.98 Å². The van der Waals surface area contributed by atoms with Crippen molar-refractivity contribution in [3.05, 3.63) is 71.1 Å².